The largest absolute Gasteiger partial charge is 0.291 e. The molecule has 1 aromatic rings. The van der Waals surface area contributed by atoms with Crippen molar-refractivity contribution in [2.24, 2.45) is 0 Å². The van der Waals surface area contributed by atoms with Crippen LogP contribution in [0.3, 0.4) is 0 Å². The highest BCUT2D eigenvalue weighted by molar-refractivity contribution is 9.10. The summed E-state index contributed by atoms with van der Waals surface area (Å²) in [7, 11) is 0. The van der Waals surface area contributed by atoms with Crippen LogP contribution < -0.4 is 0 Å². The third kappa shape index (κ3) is 1.60. The molecule has 0 saturated carbocycles. The Kier molecular flexibility index (Phi) is 1.20. The summed E-state index contributed by atoms with van der Waals surface area (Å²) in [6.45, 7) is -2.67. The molecule has 0 N–H and O–H groups in total. The van der Waals surface area contributed by atoms with Crippen molar-refractivity contribution in [3.05, 3.63) is 22.7 Å². The van der Waals surface area contributed by atoms with Gasteiger partial charge in [-0.3, -0.25) is 4.79 Å². The molecule has 1 aromatic heterocycles. The highest BCUT2D eigenvalue weighted by Gasteiger charge is 1.99. The number of hydrogen-bond donors (Lipinski definition) is 0. The Labute approximate surface area is 70.8 Å². The summed E-state index contributed by atoms with van der Waals surface area (Å²) in [6.07, 6.45) is 2.65. The van der Waals surface area contributed by atoms with Gasteiger partial charge in [0.05, 0.1) is 4.47 Å². The number of halogens is 1. The minimum Gasteiger partial charge on any atom is -0.291 e. The maximum Gasteiger partial charge on any atom is 0.196 e. The lowest BCUT2D eigenvalue weighted by molar-refractivity contribution is 0.100. The third-order valence-electron chi connectivity index (χ3n) is 0.823. The fraction of sp³-hybridized carbons (Fsp3) is 0.167. The van der Waals surface area contributed by atoms with Crippen LogP contribution in [0.4, 0.5) is 0 Å². The summed E-state index contributed by atoms with van der Waals surface area (Å²) in [5, 5.41) is 0. The molecule has 52 valence electrons. The zero-order valence-electron chi connectivity index (χ0n) is 7.84. The van der Waals surface area contributed by atoms with Gasteiger partial charge in [0, 0.05) is 23.4 Å². The number of hydrogen-bond acceptors (Lipinski definition) is 3. The fourth-order valence-electron chi connectivity index (χ4n) is 0.430. The first kappa shape index (κ1) is 4.18. The number of carbonyl (C=O) groups is 1. The second-order valence-corrected chi connectivity index (χ2v) is 2.47. The Balaban J connectivity index is 2.97. The van der Waals surface area contributed by atoms with Crippen LogP contribution in [-0.4, -0.2) is 15.8 Å². The molecule has 0 spiro atoms. The highest BCUT2D eigenvalue weighted by atomic mass is 79.9. The van der Waals surface area contributed by atoms with Gasteiger partial charge in [-0.15, -0.1) is 0 Å². The topological polar surface area (TPSA) is 42.9 Å². The molecule has 4 heteroatoms. The summed E-state index contributed by atoms with van der Waals surface area (Å²) in [5.41, 5.74) is 0. The van der Waals surface area contributed by atoms with Crippen molar-refractivity contribution < 1.29 is 8.91 Å². The van der Waals surface area contributed by atoms with Crippen LogP contribution >= 0.6 is 15.9 Å². The molecule has 0 aliphatic carbocycles. The molecular weight excluding hydrogens is 196 g/mol. The first-order chi connectivity index (χ1) is 5.91. The van der Waals surface area contributed by atoms with Gasteiger partial charge in [0.15, 0.2) is 11.6 Å². The Bertz CT molecular complexity index is 322. The van der Waals surface area contributed by atoms with E-state index in [4.69, 9.17) is 4.11 Å². The second-order valence-electron chi connectivity index (χ2n) is 1.55. The average molecular weight is 204 g/mol. The molecule has 10 heavy (non-hydrogen) atoms. The SMILES string of the molecule is [2H]C([2H])([2H])C(=O)c1ncc(Br)cn1. The van der Waals surface area contributed by atoms with E-state index in [1.165, 1.54) is 12.4 Å². The van der Waals surface area contributed by atoms with Gasteiger partial charge in [-0.2, -0.15) is 0 Å². The van der Waals surface area contributed by atoms with Gasteiger partial charge in [0.25, 0.3) is 0 Å². The zero-order valence-corrected chi connectivity index (χ0v) is 6.42. The van der Waals surface area contributed by atoms with Crippen molar-refractivity contribution in [1.29, 1.82) is 0 Å². The van der Waals surface area contributed by atoms with Gasteiger partial charge in [-0.1, -0.05) is 0 Å². The lowest BCUT2D eigenvalue weighted by Crippen LogP contribution is -1.98. The Hall–Kier alpha value is -0.770. The molecule has 0 aliphatic heterocycles. The average Bonchev–Trinajstić information content (AvgIpc) is 2.03. The third-order valence-corrected chi connectivity index (χ3v) is 1.23. The smallest absolute Gasteiger partial charge is 0.196 e. The zero-order chi connectivity index (χ0) is 10.1. The highest BCUT2D eigenvalue weighted by Crippen LogP contribution is 2.04. The molecule has 0 atom stereocenters. The van der Waals surface area contributed by atoms with Crippen LogP contribution in [0.5, 0.6) is 0 Å². The summed E-state index contributed by atoms with van der Waals surface area (Å²) in [6, 6.07) is 0. The van der Waals surface area contributed by atoms with Gasteiger partial charge >= 0.3 is 0 Å². The van der Waals surface area contributed by atoms with E-state index in [2.05, 4.69) is 25.9 Å². The quantitative estimate of drug-likeness (QED) is 0.650. The van der Waals surface area contributed by atoms with E-state index in [0.717, 1.165) is 0 Å². The van der Waals surface area contributed by atoms with Crippen molar-refractivity contribution >= 4 is 21.7 Å². The number of carbonyl (C=O) groups excluding carboxylic acids is 1. The van der Waals surface area contributed by atoms with Crippen molar-refractivity contribution in [2.45, 2.75) is 6.85 Å². The van der Waals surface area contributed by atoms with Crippen LogP contribution in [0.15, 0.2) is 16.9 Å². The van der Waals surface area contributed by atoms with Gasteiger partial charge in [-0.25, -0.2) is 9.97 Å². The lowest BCUT2D eigenvalue weighted by Gasteiger charge is -1.90. The molecule has 0 aromatic carbocycles. The van der Waals surface area contributed by atoms with Crippen LogP contribution in [0.2, 0.25) is 0 Å². The van der Waals surface area contributed by atoms with Crippen LogP contribution in [-0.2, 0) is 0 Å². The maximum atomic E-state index is 11.1. The minimum absolute atomic E-state index is 0.289. The molecule has 1 rings (SSSR count). The number of nitrogens with zero attached hydrogens (tertiary/aromatic N) is 2. The molecule has 0 bridgehead atoms. The lowest BCUT2D eigenvalue weighted by atomic mass is 10.4. The maximum absolute atomic E-state index is 11.1. The van der Waals surface area contributed by atoms with E-state index >= 15 is 0 Å². The summed E-state index contributed by atoms with van der Waals surface area (Å²) in [4.78, 5) is 18.2. The number of Topliss-reactive ketones (excluding diaryl/α,β-unsaturated/α-hetero) is 1. The monoisotopic (exact) mass is 203 g/mol. The van der Waals surface area contributed by atoms with Gasteiger partial charge in [0.2, 0.25) is 0 Å². The summed E-state index contributed by atoms with van der Waals surface area (Å²) in [5.74, 6) is -1.33. The van der Waals surface area contributed by atoms with E-state index < -0.39 is 12.6 Å². The van der Waals surface area contributed by atoms with Crippen molar-refractivity contribution in [3.8, 4) is 0 Å². The predicted octanol–water partition coefficient (Wildman–Crippen LogP) is 1.44. The van der Waals surface area contributed by atoms with Gasteiger partial charge in [0.1, 0.15) is 0 Å². The number of aromatic nitrogens is 2. The molecule has 0 radical (unpaired) electrons. The van der Waals surface area contributed by atoms with Crippen LogP contribution in [0.1, 0.15) is 21.6 Å². The first-order valence-corrected chi connectivity index (χ1v) is 3.23. The Morgan fingerprint density at radius 1 is 1.70 bits per heavy atom. The molecular formula is C6H5BrN2O. The minimum atomic E-state index is -2.67. The second kappa shape index (κ2) is 2.88. The summed E-state index contributed by atoms with van der Waals surface area (Å²) < 4.78 is 21.1. The molecule has 1 heterocycles. The van der Waals surface area contributed by atoms with Crippen LogP contribution in [0.25, 0.3) is 0 Å². The Morgan fingerprint density at radius 2 is 2.30 bits per heavy atom. The van der Waals surface area contributed by atoms with Crippen molar-refractivity contribution in [2.75, 3.05) is 0 Å². The molecule has 0 aliphatic rings. The van der Waals surface area contributed by atoms with E-state index in [1.54, 1.807) is 0 Å². The van der Waals surface area contributed by atoms with E-state index in [1.807, 2.05) is 0 Å². The van der Waals surface area contributed by atoms with Gasteiger partial charge < -0.3 is 0 Å². The standard InChI is InChI=1S/C6H5BrN2O/c1-4(10)6-8-2-5(7)3-9-6/h2-3H,1H3/i1D3. The number of ketones is 1. The Morgan fingerprint density at radius 3 is 2.80 bits per heavy atom. The first-order valence-electron chi connectivity index (χ1n) is 3.93. The van der Waals surface area contributed by atoms with E-state index in [0.29, 0.717) is 4.47 Å². The van der Waals surface area contributed by atoms with Crippen molar-refractivity contribution in [1.82, 2.24) is 9.97 Å². The summed E-state index contributed by atoms with van der Waals surface area (Å²) >= 11 is 3.07. The predicted molar refractivity (Wildman–Crippen MR) is 39.7 cm³/mol. The number of rotatable bonds is 1. The fourth-order valence-corrected chi connectivity index (χ4v) is 0.634. The van der Waals surface area contributed by atoms with E-state index in [-0.39, 0.29) is 5.82 Å². The molecule has 0 fully saturated rings. The van der Waals surface area contributed by atoms with Crippen LogP contribution in [0, 0.1) is 0 Å². The molecule has 3 nitrogen and oxygen atoms in total. The normalized spacial score (nSPS) is 15.1. The molecule has 0 saturated heterocycles. The van der Waals surface area contributed by atoms with E-state index in [9.17, 15) is 4.79 Å². The molecule has 0 unspecified atom stereocenters. The van der Waals surface area contributed by atoms with Gasteiger partial charge in [-0.05, 0) is 15.9 Å². The molecule has 0 amide bonds. The van der Waals surface area contributed by atoms with Crippen molar-refractivity contribution in [3.63, 3.8) is 0 Å².